The van der Waals surface area contributed by atoms with Gasteiger partial charge in [0.05, 0.1) is 11.7 Å². The van der Waals surface area contributed by atoms with Gasteiger partial charge in [0.15, 0.2) is 0 Å². The number of carbonyl (C=O) groups is 1. The Kier molecular flexibility index (Phi) is 6.53. The predicted molar refractivity (Wildman–Crippen MR) is 113 cm³/mol. The molecule has 2 aromatic carbocycles. The fourth-order valence-electron chi connectivity index (χ4n) is 4.39. The van der Waals surface area contributed by atoms with Gasteiger partial charge in [0.1, 0.15) is 11.6 Å². The van der Waals surface area contributed by atoms with Crippen molar-refractivity contribution in [3.05, 3.63) is 71.3 Å². The molecular weight excluding hydrogens is 402 g/mol. The molecule has 166 valence electrons. The summed E-state index contributed by atoms with van der Waals surface area (Å²) in [6, 6.07) is 12.3. The Hall–Kier alpha value is -2.51. The first-order valence-corrected chi connectivity index (χ1v) is 10.8. The minimum absolute atomic E-state index is 0.0173. The van der Waals surface area contributed by atoms with Crippen LogP contribution in [0.1, 0.15) is 42.9 Å². The van der Waals surface area contributed by atoms with Crippen LogP contribution in [0.2, 0.25) is 0 Å². The molecule has 2 N–H and O–H groups in total. The van der Waals surface area contributed by atoms with Gasteiger partial charge < -0.3 is 20.1 Å². The average Bonchev–Trinajstić information content (AvgIpc) is 2.76. The first kappa shape index (κ1) is 21.7. The highest BCUT2D eigenvalue weighted by atomic mass is 19.1. The van der Waals surface area contributed by atoms with Gasteiger partial charge in [0.2, 0.25) is 0 Å². The number of hydrogen-bond acceptors (Lipinski definition) is 3. The molecule has 2 aromatic rings. The standard InChI is InChI=1S/C24H28F2N2O3/c25-19-5-1-17(2-6-19)16-24(30)10-12-28(13-11-24)23(29)27-21-9-14-31-22(15-21)18-3-7-20(26)8-4-18/h1-8,21-22,30H,9-16H2,(H,27,29). The predicted octanol–water partition coefficient (Wildman–Crippen LogP) is 3.96. The number of hydrogen-bond donors (Lipinski definition) is 2. The van der Waals surface area contributed by atoms with Crippen LogP contribution in [0.15, 0.2) is 48.5 Å². The summed E-state index contributed by atoms with van der Waals surface area (Å²) in [7, 11) is 0. The summed E-state index contributed by atoms with van der Waals surface area (Å²) in [5.41, 5.74) is 0.904. The van der Waals surface area contributed by atoms with Crippen molar-refractivity contribution in [1.82, 2.24) is 10.2 Å². The second-order valence-electron chi connectivity index (χ2n) is 8.60. The van der Waals surface area contributed by atoms with Crippen molar-refractivity contribution >= 4 is 6.03 Å². The van der Waals surface area contributed by atoms with Gasteiger partial charge in [-0.3, -0.25) is 0 Å². The zero-order chi connectivity index (χ0) is 21.8. The first-order chi connectivity index (χ1) is 14.9. The van der Waals surface area contributed by atoms with Gasteiger partial charge in [0, 0.05) is 32.2 Å². The van der Waals surface area contributed by atoms with E-state index in [-0.39, 0.29) is 29.8 Å². The highest BCUT2D eigenvalue weighted by molar-refractivity contribution is 5.74. The molecule has 0 spiro atoms. The van der Waals surface area contributed by atoms with Gasteiger partial charge in [-0.1, -0.05) is 24.3 Å². The van der Waals surface area contributed by atoms with Crippen LogP contribution in [0.3, 0.4) is 0 Å². The van der Waals surface area contributed by atoms with Crippen molar-refractivity contribution in [2.24, 2.45) is 0 Å². The van der Waals surface area contributed by atoms with E-state index in [1.54, 1.807) is 29.2 Å². The molecule has 0 bridgehead atoms. The zero-order valence-electron chi connectivity index (χ0n) is 17.4. The maximum atomic E-state index is 13.2. The molecule has 2 unspecified atom stereocenters. The van der Waals surface area contributed by atoms with Crippen LogP contribution in [0.5, 0.6) is 0 Å². The van der Waals surface area contributed by atoms with E-state index >= 15 is 0 Å². The van der Waals surface area contributed by atoms with Crippen LogP contribution in [0.25, 0.3) is 0 Å². The molecule has 2 amide bonds. The summed E-state index contributed by atoms with van der Waals surface area (Å²) in [5, 5.41) is 14.0. The molecule has 31 heavy (non-hydrogen) atoms. The normalized spacial score (nSPS) is 23.4. The summed E-state index contributed by atoms with van der Waals surface area (Å²) in [4.78, 5) is 14.5. The monoisotopic (exact) mass is 430 g/mol. The van der Waals surface area contributed by atoms with Crippen molar-refractivity contribution in [3.63, 3.8) is 0 Å². The van der Waals surface area contributed by atoms with E-state index < -0.39 is 5.60 Å². The van der Waals surface area contributed by atoms with Gasteiger partial charge in [-0.15, -0.1) is 0 Å². The SMILES string of the molecule is O=C(NC1CCOC(c2ccc(F)cc2)C1)N1CCC(O)(Cc2ccc(F)cc2)CC1. The van der Waals surface area contributed by atoms with Crippen molar-refractivity contribution in [2.45, 2.75) is 49.9 Å². The lowest BCUT2D eigenvalue weighted by Gasteiger charge is -2.39. The van der Waals surface area contributed by atoms with E-state index in [1.807, 2.05) is 0 Å². The average molecular weight is 430 g/mol. The molecule has 0 aromatic heterocycles. The number of rotatable bonds is 4. The molecule has 2 fully saturated rings. The lowest BCUT2D eigenvalue weighted by Crippen LogP contribution is -2.53. The first-order valence-electron chi connectivity index (χ1n) is 10.8. The van der Waals surface area contributed by atoms with Crippen molar-refractivity contribution < 1.29 is 23.4 Å². The molecule has 5 nitrogen and oxygen atoms in total. The fraction of sp³-hybridized carbons (Fsp3) is 0.458. The Morgan fingerprint density at radius 2 is 1.68 bits per heavy atom. The molecule has 0 aliphatic carbocycles. The van der Waals surface area contributed by atoms with Crippen molar-refractivity contribution in [2.75, 3.05) is 19.7 Å². The number of benzene rings is 2. The molecular formula is C24H28F2N2O3. The summed E-state index contributed by atoms with van der Waals surface area (Å²) >= 11 is 0. The molecule has 2 aliphatic heterocycles. The number of halogens is 2. The second-order valence-corrected chi connectivity index (χ2v) is 8.60. The maximum absolute atomic E-state index is 13.2. The van der Waals surface area contributed by atoms with Gasteiger partial charge in [-0.2, -0.15) is 0 Å². The van der Waals surface area contributed by atoms with Gasteiger partial charge in [0.25, 0.3) is 0 Å². The smallest absolute Gasteiger partial charge is 0.317 e. The van der Waals surface area contributed by atoms with Crippen LogP contribution in [0.4, 0.5) is 13.6 Å². The lowest BCUT2D eigenvalue weighted by atomic mass is 9.85. The lowest BCUT2D eigenvalue weighted by molar-refractivity contribution is -0.0145. The number of carbonyl (C=O) groups excluding carboxylic acids is 1. The maximum Gasteiger partial charge on any atom is 0.317 e. The molecule has 0 radical (unpaired) electrons. The largest absolute Gasteiger partial charge is 0.389 e. The van der Waals surface area contributed by atoms with E-state index in [0.29, 0.717) is 45.4 Å². The van der Waals surface area contributed by atoms with E-state index in [1.165, 1.54) is 24.3 Å². The van der Waals surface area contributed by atoms with Crippen LogP contribution in [-0.4, -0.2) is 47.4 Å². The molecule has 2 saturated heterocycles. The van der Waals surface area contributed by atoms with E-state index in [4.69, 9.17) is 4.74 Å². The molecule has 4 rings (SSSR count). The Labute approximate surface area is 181 Å². The summed E-state index contributed by atoms with van der Waals surface area (Å²) in [6.07, 6.45) is 2.60. The van der Waals surface area contributed by atoms with E-state index in [2.05, 4.69) is 5.32 Å². The van der Waals surface area contributed by atoms with Crippen LogP contribution in [0, 0.1) is 11.6 Å². The Balaban J connectivity index is 1.27. The second kappa shape index (κ2) is 9.32. The Morgan fingerprint density at radius 1 is 1.06 bits per heavy atom. The zero-order valence-corrected chi connectivity index (χ0v) is 17.4. The van der Waals surface area contributed by atoms with Crippen molar-refractivity contribution in [3.8, 4) is 0 Å². The molecule has 0 saturated carbocycles. The Bertz CT molecular complexity index is 881. The highest BCUT2D eigenvalue weighted by Gasteiger charge is 2.35. The van der Waals surface area contributed by atoms with Gasteiger partial charge in [-0.25, -0.2) is 13.6 Å². The molecule has 2 heterocycles. The minimum atomic E-state index is -0.888. The van der Waals surface area contributed by atoms with E-state index in [9.17, 15) is 18.7 Å². The fourth-order valence-corrected chi connectivity index (χ4v) is 4.39. The number of urea groups is 1. The number of likely N-dealkylation sites (tertiary alicyclic amines) is 1. The van der Waals surface area contributed by atoms with Crippen LogP contribution in [-0.2, 0) is 11.2 Å². The third-order valence-electron chi connectivity index (χ3n) is 6.28. The number of amides is 2. The topological polar surface area (TPSA) is 61.8 Å². The van der Waals surface area contributed by atoms with Crippen molar-refractivity contribution in [1.29, 1.82) is 0 Å². The Morgan fingerprint density at radius 3 is 2.32 bits per heavy atom. The van der Waals surface area contributed by atoms with Crippen LogP contribution < -0.4 is 5.32 Å². The summed E-state index contributed by atoms with van der Waals surface area (Å²) in [6.45, 7) is 1.46. The van der Waals surface area contributed by atoms with Gasteiger partial charge >= 0.3 is 6.03 Å². The number of ether oxygens (including phenoxy) is 1. The third kappa shape index (κ3) is 5.60. The number of nitrogens with zero attached hydrogens (tertiary/aromatic N) is 1. The quantitative estimate of drug-likeness (QED) is 0.772. The third-order valence-corrected chi connectivity index (χ3v) is 6.28. The van der Waals surface area contributed by atoms with E-state index in [0.717, 1.165) is 17.5 Å². The van der Waals surface area contributed by atoms with Crippen LogP contribution >= 0.6 is 0 Å². The number of nitrogens with one attached hydrogen (secondary N) is 1. The summed E-state index contributed by atoms with van der Waals surface area (Å²) < 4.78 is 32.1. The number of aliphatic hydroxyl groups is 1. The molecule has 2 atom stereocenters. The summed E-state index contributed by atoms with van der Waals surface area (Å²) in [5.74, 6) is -0.578. The molecule has 7 heteroatoms. The highest BCUT2D eigenvalue weighted by Crippen LogP contribution is 2.29. The van der Waals surface area contributed by atoms with Gasteiger partial charge in [-0.05, 0) is 61.1 Å². The molecule has 2 aliphatic rings. The minimum Gasteiger partial charge on any atom is -0.389 e. The number of piperidine rings is 1.